The molecule has 0 aliphatic carbocycles. The number of imide groups is 1. The van der Waals surface area contributed by atoms with E-state index in [1.54, 1.807) is 18.2 Å². The molecular weight excluding hydrogens is 330 g/mol. The summed E-state index contributed by atoms with van der Waals surface area (Å²) in [7, 11) is 0. The van der Waals surface area contributed by atoms with Gasteiger partial charge in [-0.15, -0.1) is 0 Å². The van der Waals surface area contributed by atoms with Gasteiger partial charge >= 0.3 is 6.03 Å². The van der Waals surface area contributed by atoms with Gasteiger partial charge in [0.15, 0.2) is 0 Å². The first-order chi connectivity index (χ1) is 11.3. The first-order valence-corrected chi connectivity index (χ1v) is 8.32. The van der Waals surface area contributed by atoms with Crippen LogP contribution in [0.1, 0.15) is 38.8 Å². The SMILES string of the molecule is CC(C)CC1NC(=O)N(CC(=O)NC(C)c2cccc(Cl)c2)C1=O. The highest BCUT2D eigenvalue weighted by molar-refractivity contribution is 6.30. The fourth-order valence-corrected chi connectivity index (χ4v) is 2.85. The summed E-state index contributed by atoms with van der Waals surface area (Å²) in [5.74, 6) is -0.466. The Bertz CT molecular complexity index is 648. The lowest BCUT2D eigenvalue weighted by Gasteiger charge is -2.17. The van der Waals surface area contributed by atoms with Crippen LogP contribution in [-0.2, 0) is 9.59 Å². The lowest BCUT2D eigenvalue weighted by Crippen LogP contribution is -2.41. The fraction of sp³-hybridized carbons (Fsp3) is 0.471. The fourth-order valence-electron chi connectivity index (χ4n) is 2.65. The van der Waals surface area contributed by atoms with Gasteiger partial charge in [-0.3, -0.25) is 14.5 Å². The topological polar surface area (TPSA) is 78.5 Å². The van der Waals surface area contributed by atoms with Gasteiger partial charge in [0.05, 0.1) is 6.04 Å². The van der Waals surface area contributed by atoms with E-state index in [-0.39, 0.29) is 24.4 Å². The van der Waals surface area contributed by atoms with E-state index in [1.807, 2.05) is 26.8 Å². The van der Waals surface area contributed by atoms with Crippen LogP contribution in [-0.4, -0.2) is 35.3 Å². The van der Waals surface area contributed by atoms with Gasteiger partial charge in [0.1, 0.15) is 12.6 Å². The van der Waals surface area contributed by atoms with Gasteiger partial charge in [-0.1, -0.05) is 37.6 Å². The molecule has 130 valence electrons. The van der Waals surface area contributed by atoms with Crippen LogP contribution < -0.4 is 10.6 Å². The van der Waals surface area contributed by atoms with Gasteiger partial charge in [-0.05, 0) is 37.0 Å². The molecule has 1 aliphatic rings. The van der Waals surface area contributed by atoms with Gasteiger partial charge in [0, 0.05) is 5.02 Å². The minimum absolute atomic E-state index is 0.274. The highest BCUT2D eigenvalue weighted by Gasteiger charge is 2.39. The van der Waals surface area contributed by atoms with Gasteiger partial charge in [-0.2, -0.15) is 0 Å². The number of rotatable bonds is 6. The van der Waals surface area contributed by atoms with E-state index in [1.165, 1.54) is 0 Å². The number of hydrogen-bond donors (Lipinski definition) is 2. The predicted octanol–water partition coefficient (Wildman–Crippen LogP) is 2.48. The molecule has 4 amide bonds. The Morgan fingerprint density at radius 1 is 1.33 bits per heavy atom. The van der Waals surface area contributed by atoms with Crippen LogP contribution >= 0.6 is 11.6 Å². The summed E-state index contributed by atoms with van der Waals surface area (Å²) < 4.78 is 0. The van der Waals surface area contributed by atoms with Crippen molar-refractivity contribution in [2.45, 2.75) is 39.3 Å². The summed E-state index contributed by atoms with van der Waals surface area (Å²) in [6, 6.07) is 5.83. The lowest BCUT2D eigenvalue weighted by molar-refractivity contribution is -0.132. The highest BCUT2D eigenvalue weighted by Crippen LogP contribution is 2.18. The number of carbonyl (C=O) groups is 3. The van der Waals surface area contributed by atoms with Crippen LogP contribution in [0.5, 0.6) is 0 Å². The Labute approximate surface area is 146 Å². The molecule has 1 fully saturated rings. The van der Waals surface area contributed by atoms with Crippen molar-refractivity contribution in [2.24, 2.45) is 5.92 Å². The first-order valence-electron chi connectivity index (χ1n) is 7.94. The molecule has 0 radical (unpaired) electrons. The zero-order valence-electron chi connectivity index (χ0n) is 14.0. The Hall–Kier alpha value is -2.08. The second-order valence-corrected chi connectivity index (χ2v) is 6.84. The van der Waals surface area contributed by atoms with E-state index in [0.29, 0.717) is 11.4 Å². The Morgan fingerprint density at radius 2 is 2.04 bits per heavy atom. The number of nitrogens with one attached hydrogen (secondary N) is 2. The summed E-state index contributed by atoms with van der Waals surface area (Å²) in [6.45, 7) is 5.48. The normalized spacial score (nSPS) is 18.7. The molecule has 1 saturated heterocycles. The number of carbonyl (C=O) groups excluding carboxylic acids is 3. The van der Waals surface area contributed by atoms with Gasteiger partial charge in [0.2, 0.25) is 5.91 Å². The smallest absolute Gasteiger partial charge is 0.325 e. The van der Waals surface area contributed by atoms with Crippen LogP contribution in [0.15, 0.2) is 24.3 Å². The van der Waals surface area contributed by atoms with E-state index < -0.39 is 18.0 Å². The summed E-state index contributed by atoms with van der Waals surface area (Å²) in [5, 5.41) is 5.98. The second-order valence-electron chi connectivity index (χ2n) is 6.40. The van der Waals surface area contributed by atoms with E-state index in [2.05, 4.69) is 10.6 Å². The number of nitrogens with zero attached hydrogens (tertiary/aromatic N) is 1. The third-order valence-electron chi connectivity index (χ3n) is 3.84. The van der Waals surface area contributed by atoms with E-state index >= 15 is 0 Å². The summed E-state index contributed by atoms with van der Waals surface area (Å²) in [5.41, 5.74) is 0.853. The molecule has 24 heavy (non-hydrogen) atoms. The summed E-state index contributed by atoms with van der Waals surface area (Å²) in [6.07, 6.45) is 0.557. The number of benzene rings is 1. The molecule has 2 atom stereocenters. The minimum atomic E-state index is -0.546. The third-order valence-corrected chi connectivity index (χ3v) is 4.08. The van der Waals surface area contributed by atoms with Crippen molar-refractivity contribution in [1.82, 2.24) is 15.5 Å². The number of amides is 4. The van der Waals surface area contributed by atoms with Crippen molar-refractivity contribution in [1.29, 1.82) is 0 Å². The molecule has 1 aromatic rings. The average molecular weight is 352 g/mol. The molecule has 1 aromatic carbocycles. The maximum Gasteiger partial charge on any atom is 0.325 e. The molecule has 1 aliphatic heterocycles. The van der Waals surface area contributed by atoms with E-state index in [0.717, 1.165) is 10.5 Å². The quantitative estimate of drug-likeness (QED) is 0.773. The molecule has 0 spiro atoms. The largest absolute Gasteiger partial charge is 0.348 e. The Balaban J connectivity index is 1.94. The van der Waals surface area contributed by atoms with Crippen molar-refractivity contribution in [3.05, 3.63) is 34.9 Å². The molecule has 2 N–H and O–H groups in total. The number of halogens is 1. The zero-order chi connectivity index (χ0) is 17.9. The zero-order valence-corrected chi connectivity index (χ0v) is 14.8. The highest BCUT2D eigenvalue weighted by atomic mass is 35.5. The van der Waals surface area contributed by atoms with Crippen molar-refractivity contribution in [3.63, 3.8) is 0 Å². The maximum absolute atomic E-state index is 12.2. The van der Waals surface area contributed by atoms with Gasteiger partial charge < -0.3 is 10.6 Å². The molecule has 7 heteroatoms. The molecule has 0 saturated carbocycles. The molecule has 0 bridgehead atoms. The van der Waals surface area contributed by atoms with Gasteiger partial charge in [-0.25, -0.2) is 4.79 Å². The predicted molar refractivity (Wildman–Crippen MR) is 91.5 cm³/mol. The lowest BCUT2D eigenvalue weighted by atomic mass is 10.0. The molecule has 2 unspecified atom stereocenters. The van der Waals surface area contributed by atoms with Crippen molar-refractivity contribution in [2.75, 3.05) is 6.54 Å². The number of hydrogen-bond acceptors (Lipinski definition) is 3. The second kappa shape index (κ2) is 7.66. The van der Waals surface area contributed by atoms with Crippen LogP contribution in [0, 0.1) is 5.92 Å². The van der Waals surface area contributed by atoms with Crippen molar-refractivity contribution < 1.29 is 14.4 Å². The minimum Gasteiger partial charge on any atom is -0.348 e. The maximum atomic E-state index is 12.2. The molecular formula is C17H22ClN3O3. The molecule has 6 nitrogen and oxygen atoms in total. The van der Waals surface area contributed by atoms with Gasteiger partial charge in [0.25, 0.3) is 5.91 Å². The van der Waals surface area contributed by atoms with E-state index in [4.69, 9.17) is 11.6 Å². The number of urea groups is 1. The van der Waals surface area contributed by atoms with Crippen LogP contribution in [0.4, 0.5) is 4.79 Å². The van der Waals surface area contributed by atoms with Crippen molar-refractivity contribution in [3.8, 4) is 0 Å². The first kappa shape index (κ1) is 18.3. The Kier molecular flexibility index (Phi) is 5.83. The monoisotopic (exact) mass is 351 g/mol. The van der Waals surface area contributed by atoms with E-state index in [9.17, 15) is 14.4 Å². The average Bonchev–Trinajstić information content (AvgIpc) is 2.74. The standard InChI is InChI=1S/C17H22ClN3O3/c1-10(2)7-14-16(23)21(17(24)20-14)9-15(22)19-11(3)12-5-4-6-13(18)8-12/h4-6,8,10-11,14H,7,9H2,1-3H3,(H,19,22)(H,20,24). The van der Waals surface area contributed by atoms with Crippen LogP contribution in [0.2, 0.25) is 5.02 Å². The van der Waals surface area contributed by atoms with Crippen LogP contribution in [0.3, 0.4) is 0 Å². The molecule has 1 heterocycles. The molecule has 2 rings (SSSR count). The van der Waals surface area contributed by atoms with Crippen molar-refractivity contribution >= 4 is 29.4 Å². The third kappa shape index (κ3) is 4.47. The Morgan fingerprint density at radius 3 is 2.67 bits per heavy atom. The summed E-state index contributed by atoms with van der Waals surface area (Å²) >= 11 is 5.94. The molecule has 0 aromatic heterocycles. The van der Waals surface area contributed by atoms with Crippen LogP contribution in [0.25, 0.3) is 0 Å². The summed E-state index contributed by atoms with van der Waals surface area (Å²) in [4.78, 5) is 37.3.